The molecule has 110 valence electrons. The largest absolute Gasteiger partial charge is 0.312 e. The van der Waals surface area contributed by atoms with Crippen molar-refractivity contribution >= 4 is 0 Å². The Morgan fingerprint density at radius 3 is 2.62 bits per heavy atom. The van der Waals surface area contributed by atoms with Crippen molar-refractivity contribution in [2.75, 3.05) is 6.54 Å². The summed E-state index contributed by atoms with van der Waals surface area (Å²) in [4.78, 5) is 9.14. The lowest BCUT2D eigenvalue weighted by atomic mass is 10.0. The molecule has 1 aromatic carbocycles. The highest BCUT2D eigenvalue weighted by molar-refractivity contribution is 5.30. The molecule has 0 unspecified atom stereocenters. The van der Waals surface area contributed by atoms with E-state index in [2.05, 4.69) is 22.2 Å². The van der Waals surface area contributed by atoms with Crippen LogP contribution in [0, 0.1) is 11.6 Å². The summed E-state index contributed by atoms with van der Waals surface area (Å²) in [6, 6.07) is 3.54. The van der Waals surface area contributed by atoms with E-state index in [-0.39, 0.29) is 0 Å². The van der Waals surface area contributed by atoms with Crippen molar-refractivity contribution in [3.8, 4) is 0 Å². The van der Waals surface area contributed by atoms with Crippen molar-refractivity contribution in [2.24, 2.45) is 0 Å². The van der Waals surface area contributed by atoms with Crippen molar-refractivity contribution in [3.05, 3.63) is 58.2 Å². The second-order valence-corrected chi connectivity index (χ2v) is 5.25. The molecule has 0 saturated carbocycles. The maximum absolute atomic E-state index is 13.3. The first-order valence-electron chi connectivity index (χ1n) is 7.19. The molecule has 0 saturated heterocycles. The van der Waals surface area contributed by atoms with E-state index in [1.165, 1.54) is 17.7 Å². The van der Waals surface area contributed by atoms with Crippen molar-refractivity contribution in [2.45, 2.75) is 32.7 Å². The number of hydrogen-bond donors (Lipinski definition) is 1. The number of fused-ring (bicyclic) bond motifs is 1. The van der Waals surface area contributed by atoms with Gasteiger partial charge in [-0.2, -0.15) is 0 Å². The van der Waals surface area contributed by atoms with Crippen LogP contribution in [0.3, 0.4) is 0 Å². The fourth-order valence-electron chi connectivity index (χ4n) is 2.74. The van der Waals surface area contributed by atoms with E-state index < -0.39 is 11.6 Å². The van der Waals surface area contributed by atoms with Gasteiger partial charge in [-0.05, 0) is 24.1 Å². The Labute approximate surface area is 122 Å². The zero-order valence-electron chi connectivity index (χ0n) is 11.9. The number of rotatable bonds is 3. The van der Waals surface area contributed by atoms with E-state index in [4.69, 9.17) is 0 Å². The quantitative estimate of drug-likeness (QED) is 0.943. The van der Waals surface area contributed by atoms with Gasteiger partial charge in [0.2, 0.25) is 0 Å². The Kier molecular flexibility index (Phi) is 3.92. The molecule has 5 heteroatoms. The summed E-state index contributed by atoms with van der Waals surface area (Å²) < 4.78 is 26.5. The number of nitrogens with zero attached hydrogens (tertiary/aromatic N) is 2. The lowest BCUT2D eigenvalue weighted by Gasteiger charge is -2.19. The molecule has 0 bridgehead atoms. The lowest BCUT2D eigenvalue weighted by molar-refractivity contribution is 0.579. The highest BCUT2D eigenvalue weighted by Crippen LogP contribution is 2.18. The normalized spacial score (nSPS) is 14.0. The third-order valence-corrected chi connectivity index (χ3v) is 3.68. The van der Waals surface area contributed by atoms with Gasteiger partial charge in [0.25, 0.3) is 0 Å². The predicted octanol–water partition coefficient (Wildman–Crippen LogP) is 2.55. The third kappa shape index (κ3) is 3.08. The lowest BCUT2D eigenvalue weighted by Crippen LogP contribution is -2.27. The number of aromatic nitrogens is 2. The van der Waals surface area contributed by atoms with Crippen molar-refractivity contribution < 1.29 is 8.78 Å². The standard InChI is InChI=1S/C16H17F2N3/c1-2-14-13-9-19-4-3-15(13)21-16(20-14)7-10-5-11(17)8-12(18)6-10/h5-6,8,19H,2-4,7,9H2,1H3. The predicted molar refractivity (Wildman–Crippen MR) is 76.0 cm³/mol. The number of aryl methyl sites for hydroxylation is 1. The molecule has 2 heterocycles. The third-order valence-electron chi connectivity index (χ3n) is 3.68. The Morgan fingerprint density at radius 2 is 1.90 bits per heavy atom. The molecule has 3 nitrogen and oxygen atoms in total. The van der Waals surface area contributed by atoms with Crippen molar-refractivity contribution in [1.29, 1.82) is 0 Å². The van der Waals surface area contributed by atoms with Crippen LogP contribution in [0.5, 0.6) is 0 Å². The van der Waals surface area contributed by atoms with E-state index in [0.29, 0.717) is 17.8 Å². The molecule has 1 N–H and O–H groups in total. The molecule has 3 rings (SSSR count). The van der Waals surface area contributed by atoms with Gasteiger partial charge in [-0.3, -0.25) is 0 Å². The Bertz CT molecular complexity index is 633. The number of benzene rings is 1. The van der Waals surface area contributed by atoms with Crippen LogP contribution < -0.4 is 5.32 Å². The SMILES string of the molecule is CCc1nc(Cc2cc(F)cc(F)c2)nc2c1CNCC2. The molecule has 0 amide bonds. The average Bonchev–Trinajstić information content (AvgIpc) is 2.45. The van der Waals surface area contributed by atoms with Gasteiger partial charge in [0.1, 0.15) is 17.5 Å². The summed E-state index contributed by atoms with van der Waals surface area (Å²) >= 11 is 0. The van der Waals surface area contributed by atoms with Crippen molar-refractivity contribution in [3.63, 3.8) is 0 Å². The van der Waals surface area contributed by atoms with E-state index >= 15 is 0 Å². The molecule has 2 aromatic rings. The van der Waals surface area contributed by atoms with Crippen LogP contribution in [0.2, 0.25) is 0 Å². The fourth-order valence-corrected chi connectivity index (χ4v) is 2.74. The smallest absolute Gasteiger partial charge is 0.133 e. The monoisotopic (exact) mass is 289 g/mol. The van der Waals surface area contributed by atoms with Gasteiger partial charge < -0.3 is 5.32 Å². The van der Waals surface area contributed by atoms with Gasteiger partial charge in [0.15, 0.2) is 0 Å². The van der Waals surface area contributed by atoms with E-state index in [1.807, 2.05) is 0 Å². The fraction of sp³-hybridized carbons (Fsp3) is 0.375. The summed E-state index contributed by atoms with van der Waals surface area (Å²) in [6.45, 7) is 3.76. The molecule has 0 fully saturated rings. The Morgan fingerprint density at radius 1 is 1.14 bits per heavy atom. The summed E-state index contributed by atoms with van der Waals surface area (Å²) in [6.07, 6.45) is 2.05. The minimum Gasteiger partial charge on any atom is -0.312 e. The Balaban J connectivity index is 1.95. The summed E-state index contributed by atoms with van der Waals surface area (Å²) in [5.74, 6) is -0.497. The number of halogens is 2. The highest BCUT2D eigenvalue weighted by Gasteiger charge is 2.16. The second kappa shape index (κ2) is 5.85. The first-order valence-corrected chi connectivity index (χ1v) is 7.19. The average molecular weight is 289 g/mol. The van der Waals surface area contributed by atoms with Gasteiger partial charge in [-0.1, -0.05) is 6.92 Å². The molecular formula is C16H17F2N3. The Hall–Kier alpha value is -1.88. The van der Waals surface area contributed by atoms with Crippen LogP contribution in [0.15, 0.2) is 18.2 Å². The molecule has 21 heavy (non-hydrogen) atoms. The first kappa shape index (κ1) is 14.1. The molecule has 0 aliphatic carbocycles. The molecule has 1 aromatic heterocycles. The summed E-state index contributed by atoms with van der Waals surface area (Å²) in [7, 11) is 0. The van der Waals surface area contributed by atoms with E-state index in [1.54, 1.807) is 0 Å². The molecule has 0 atom stereocenters. The minimum atomic E-state index is -0.567. The molecular weight excluding hydrogens is 272 g/mol. The zero-order valence-corrected chi connectivity index (χ0v) is 11.9. The number of nitrogens with one attached hydrogen (secondary N) is 1. The topological polar surface area (TPSA) is 37.8 Å². The van der Waals surface area contributed by atoms with Crippen LogP contribution in [-0.4, -0.2) is 16.5 Å². The van der Waals surface area contributed by atoms with Gasteiger partial charge in [0, 0.05) is 43.3 Å². The first-order chi connectivity index (χ1) is 10.2. The van der Waals surface area contributed by atoms with E-state index in [0.717, 1.165) is 43.4 Å². The van der Waals surface area contributed by atoms with E-state index in [9.17, 15) is 8.78 Å². The molecule has 1 aliphatic rings. The zero-order chi connectivity index (χ0) is 14.8. The van der Waals surface area contributed by atoms with Crippen molar-refractivity contribution in [1.82, 2.24) is 15.3 Å². The van der Waals surface area contributed by atoms with Gasteiger partial charge in [-0.15, -0.1) is 0 Å². The molecule has 1 aliphatic heterocycles. The van der Waals surface area contributed by atoms with Crippen LogP contribution >= 0.6 is 0 Å². The van der Waals surface area contributed by atoms with Gasteiger partial charge in [0.05, 0.1) is 5.69 Å². The van der Waals surface area contributed by atoms with Gasteiger partial charge in [-0.25, -0.2) is 18.7 Å². The van der Waals surface area contributed by atoms with Crippen LogP contribution in [0.1, 0.15) is 35.3 Å². The second-order valence-electron chi connectivity index (χ2n) is 5.25. The summed E-state index contributed by atoms with van der Waals surface area (Å²) in [5, 5.41) is 3.32. The highest BCUT2D eigenvalue weighted by atomic mass is 19.1. The van der Waals surface area contributed by atoms with Crippen LogP contribution in [0.4, 0.5) is 8.78 Å². The van der Waals surface area contributed by atoms with Gasteiger partial charge >= 0.3 is 0 Å². The summed E-state index contributed by atoms with van der Waals surface area (Å²) in [5.41, 5.74) is 3.83. The molecule has 0 radical (unpaired) electrons. The number of hydrogen-bond acceptors (Lipinski definition) is 3. The van der Waals surface area contributed by atoms with Crippen LogP contribution in [-0.2, 0) is 25.8 Å². The maximum atomic E-state index is 13.3. The maximum Gasteiger partial charge on any atom is 0.133 e. The molecule has 0 spiro atoms. The van der Waals surface area contributed by atoms with Crippen LogP contribution in [0.25, 0.3) is 0 Å². The minimum absolute atomic E-state index is 0.350.